The van der Waals surface area contributed by atoms with Crippen molar-refractivity contribution in [1.29, 1.82) is 5.26 Å². The molecule has 0 aromatic carbocycles. The van der Waals surface area contributed by atoms with Gasteiger partial charge in [0, 0.05) is 12.3 Å². The van der Waals surface area contributed by atoms with Gasteiger partial charge in [0.15, 0.2) is 0 Å². The van der Waals surface area contributed by atoms with Gasteiger partial charge in [0.05, 0.1) is 6.07 Å². The lowest BCUT2D eigenvalue weighted by Gasteiger charge is -1.87. The second kappa shape index (κ2) is 4.92. The molecule has 0 aromatic heterocycles. The first-order valence-corrected chi connectivity index (χ1v) is 2.71. The summed E-state index contributed by atoms with van der Waals surface area (Å²) in [6, 6.07) is 1.87. The van der Waals surface area contributed by atoms with E-state index in [-0.39, 0.29) is 0 Å². The standard InChI is InChI=1S/C7H10N2/c1-7(2)6-9-5-3-4-8/h3,5-6,9H,1-2H3/b5-3+. The van der Waals surface area contributed by atoms with Crippen molar-refractivity contribution in [3.8, 4) is 6.07 Å². The SMILES string of the molecule is CC(C)=CN/C=C/C#N. The quantitative estimate of drug-likeness (QED) is 0.564. The van der Waals surface area contributed by atoms with E-state index in [0.717, 1.165) is 0 Å². The molecule has 1 N–H and O–H groups in total. The number of nitriles is 1. The highest BCUT2D eigenvalue weighted by Gasteiger charge is 1.69. The van der Waals surface area contributed by atoms with Crippen LogP contribution in [0.25, 0.3) is 0 Å². The van der Waals surface area contributed by atoms with Crippen LogP contribution in [-0.4, -0.2) is 0 Å². The molecule has 0 aliphatic rings. The number of allylic oxidation sites excluding steroid dienone is 2. The molecule has 0 aliphatic carbocycles. The fourth-order valence-corrected chi connectivity index (χ4v) is 0.300. The smallest absolute Gasteiger partial charge is 0.0927 e. The second-order valence-corrected chi connectivity index (χ2v) is 1.85. The molecule has 0 saturated carbocycles. The van der Waals surface area contributed by atoms with E-state index < -0.39 is 0 Å². The van der Waals surface area contributed by atoms with Crippen LogP contribution in [0.2, 0.25) is 0 Å². The lowest BCUT2D eigenvalue weighted by Crippen LogP contribution is -1.91. The van der Waals surface area contributed by atoms with Gasteiger partial charge in [0.1, 0.15) is 0 Å². The van der Waals surface area contributed by atoms with Crippen molar-refractivity contribution in [1.82, 2.24) is 5.32 Å². The molecular formula is C7H10N2. The number of nitrogens with zero attached hydrogens (tertiary/aromatic N) is 1. The lowest BCUT2D eigenvalue weighted by molar-refractivity contribution is 1.15. The highest BCUT2D eigenvalue weighted by molar-refractivity contribution is 5.03. The van der Waals surface area contributed by atoms with Crippen LogP contribution < -0.4 is 5.32 Å². The fourth-order valence-electron chi connectivity index (χ4n) is 0.300. The van der Waals surface area contributed by atoms with Crippen molar-refractivity contribution in [3.05, 3.63) is 24.0 Å². The van der Waals surface area contributed by atoms with Gasteiger partial charge < -0.3 is 5.32 Å². The van der Waals surface area contributed by atoms with Gasteiger partial charge in [-0.25, -0.2) is 0 Å². The minimum Gasteiger partial charge on any atom is -0.367 e. The van der Waals surface area contributed by atoms with Gasteiger partial charge in [0.25, 0.3) is 0 Å². The zero-order chi connectivity index (χ0) is 7.11. The van der Waals surface area contributed by atoms with Crippen LogP contribution in [0.4, 0.5) is 0 Å². The Labute approximate surface area is 55.5 Å². The van der Waals surface area contributed by atoms with E-state index in [9.17, 15) is 0 Å². The maximum atomic E-state index is 8.03. The molecule has 48 valence electrons. The average Bonchev–Trinajstić information content (AvgIpc) is 1.80. The molecule has 0 atom stereocenters. The summed E-state index contributed by atoms with van der Waals surface area (Å²) in [7, 11) is 0. The number of rotatable bonds is 2. The Balaban J connectivity index is 3.44. The summed E-state index contributed by atoms with van der Waals surface area (Å²) < 4.78 is 0. The monoisotopic (exact) mass is 122 g/mol. The predicted molar refractivity (Wildman–Crippen MR) is 37.3 cm³/mol. The van der Waals surface area contributed by atoms with Gasteiger partial charge in [-0.15, -0.1) is 0 Å². The maximum absolute atomic E-state index is 8.03. The molecule has 0 unspecified atom stereocenters. The number of hydrogen-bond acceptors (Lipinski definition) is 2. The molecule has 0 aliphatic heterocycles. The Kier molecular flexibility index (Phi) is 4.25. The molecule has 9 heavy (non-hydrogen) atoms. The molecule has 0 spiro atoms. The first-order chi connectivity index (χ1) is 4.27. The summed E-state index contributed by atoms with van der Waals surface area (Å²) in [5.74, 6) is 0. The summed E-state index contributed by atoms with van der Waals surface area (Å²) in [5, 5.41) is 10.9. The van der Waals surface area contributed by atoms with Crippen LogP contribution >= 0.6 is 0 Å². The molecule has 0 radical (unpaired) electrons. The van der Waals surface area contributed by atoms with Crippen molar-refractivity contribution < 1.29 is 0 Å². The topological polar surface area (TPSA) is 35.8 Å². The highest BCUT2D eigenvalue weighted by Crippen LogP contribution is 1.82. The Hall–Kier alpha value is -1.23. The van der Waals surface area contributed by atoms with Gasteiger partial charge >= 0.3 is 0 Å². The van der Waals surface area contributed by atoms with E-state index in [2.05, 4.69) is 5.32 Å². The Bertz CT molecular complexity index is 156. The summed E-state index contributed by atoms with van der Waals surface area (Å²) in [4.78, 5) is 0. The summed E-state index contributed by atoms with van der Waals surface area (Å²) >= 11 is 0. The van der Waals surface area contributed by atoms with Gasteiger partial charge in [-0.2, -0.15) is 5.26 Å². The van der Waals surface area contributed by atoms with Crippen molar-refractivity contribution in [2.24, 2.45) is 0 Å². The third-order valence-electron chi connectivity index (χ3n) is 0.626. The van der Waals surface area contributed by atoms with Gasteiger partial charge in [0.2, 0.25) is 0 Å². The van der Waals surface area contributed by atoms with Crippen LogP contribution in [0.1, 0.15) is 13.8 Å². The molecule has 0 heterocycles. The van der Waals surface area contributed by atoms with E-state index >= 15 is 0 Å². The molecule has 0 aromatic rings. The highest BCUT2D eigenvalue weighted by atomic mass is 14.8. The fraction of sp³-hybridized carbons (Fsp3) is 0.286. The molecule has 0 amide bonds. The van der Waals surface area contributed by atoms with Crippen molar-refractivity contribution in [2.45, 2.75) is 13.8 Å². The third kappa shape index (κ3) is 6.77. The molecule has 2 heteroatoms. The van der Waals surface area contributed by atoms with Gasteiger partial charge in [-0.3, -0.25) is 0 Å². The van der Waals surface area contributed by atoms with Crippen LogP contribution in [0, 0.1) is 11.3 Å². The number of hydrogen-bond donors (Lipinski definition) is 1. The van der Waals surface area contributed by atoms with E-state index in [1.807, 2.05) is 26.1 Å². The van der Waals surface area contributed by atoms with Gasteiger partial charge in [-0.05, 0) is 20.0 Å². The minimum atomic E-state index is 1.18. The molecule has 0 saturated heterocycles. The zero-order valence-electron chi connectivity index (χ0n) is 5.68. The summed E-state index contributed by atoms with van der Waals surface area (Å²) in [6.45, 7) is 3.96. The van der Waals surface area contributed by atoms with Crippen molar-refractivity contribution >= 4 is 0 Å². The largest absolute Gasteiger partial charge is 0.367 e. The zero-order valence-corrected chi connectivity index (χ0v) is 5.68. The molecule has 0 fully saturated rings. The van der Waals surface area contributed by atoms with E-state index in [1.165, 1.54) is 11.6 Å². The van der Waals surface area contributed by atoms with Crippen LogP contribution in [0.15, 0.2) is 24.0 Å². The van der Waals surface area contributed by atoms with E-state index in [4.69, 9.17) is 5.26 Å². The van der Waals surface area contributed by atoms with Gasteiger partial charge in [-0.1, -0.05) is 5.57 Å². The normalized spacial score (nSPS) is 8.56. The predicted octanol–water partition coefficient (Wildman–Crippen LogP) is 1.54. The minimum absolute atomic E-state index is 1.18. The summed E-state index contributed by atoms with van der Waals surface area (Å²) in [5.41, 5.74) is 1.18. The van der Waals surface area contributed by atoms with Crippen LogP contribution in [0.3, 0.4) is 0 Å². The Morgan fingerprint density at radius 3 is 2.67 bits per heavy atom. The van der Waals surface area contributed by atoms with E-state index in [0.29, 0.717) is 0 Å². The first kappa shape index (κ1) is 7.77. The third-order valence-corrected chi connectivity index (χ3v) is 0.626. The second-order valence-electron chi connectivity index (χ2n) is 1.85. The summed E-state index contributed by atoms with van der Waals surface area (Å²) in [6.07, 6.45) is 4.81. The Morgan fingerprint density at radius 2 is 2.22 bits per heavy atom. The Morgan fingerprint density at radius 1 is 1.56 bits per heavy atom. The van der Waals surface area contributed by atoms with Crippen LogP contribution in [0.5, 0.6) is 0 Å². The van der Waals surface area contributed by atoms with Crippen molar-refractivity contribution in [3.63, 3.8) is 0 Å². The van der Waals surface area contributed by atoms with Crippen molar-refractivity contribution in [2.75, 3.05) is 0 Å². The van der Waals surface area contributed by atoms with Crippen LogP contribution in [-0.2, 0) is 0 Å². The first-order valence-electron chi connectivity index (χ1n) is 2.71. The molecule has 0 bridgehead atoms. The molecule has 0 rings (SSSR count). The number of nitrogens with one attached hydrogen (secondary N) is 1. The molecular weight excluding hydrogens is 112 g/mol. The van der Waals surface area contributed by atoms with E-state index in [1.54, 1.807) is 6.20 Å². The average molecular weight is 122 g/mol. The maximum Gasteiger partial charge on any atom is 0.0927 e. The molecule has 2 nitrogen and oxygen atoms in total. The lowest BCUT2D eigenvalue weighted by atomic mass is 10.4.